The maximum absolute atomic E-state index is 5.77. The highest BCUT2D eigenvalue weighted by Crippen LogP contribution is 2.40. The Bertz CT molecular complexity index is 646. The molecule has 0 amide bonds. The molecule has 0 aromatic heterocycles. The SMILES string of the molecule is CCNCc1cccc(-c2ccc3c(c2)C(C)(C)CO3)c1. The summed E-state index contributed by atoms with van der Waals surface area (Å²) in [6.45, 7) is 9.30. The summed E-state index contributed by atoms with van der Waals surface area (Å²) >= 11 is 0. The van der Waals surface area contributed by atoms with Crippen molar-refractivity contribution < 1.29 is 4.74 Å². The van der Waals surface area contributed by atoms with E-state index in [4.69, 9.17) is 4.74 Å². The third-order valence-corrected chi connectivity index (χ3v) is 4.14. The van der Waals surface area contributed by atoms with E-state index in [0.29, 0.717) is 0 Å². The molecule has 0 aliphatic carbocycles. The largest absolute Gasteiger partial charge is 0.492 e. The van der Waals surface area contributed by atoms with Crippen molar-refractivity contribution in [2.45, 2.75) is 32.7 Å². The van der Waals surface area contributed by atoms with Gasteiger partial charge in [0.05, 0.1) is 6.61 Å². The summed E-state index contributed by atoms with van der Waals surface area (Å²) in [5.41, 5.74) is 5.29. The quantitative estimate of drug-likeness (QED) is 0.909. The Morgan fingerprint density at radius 2 is 1.90 bits per heavy atom. The molecular weight excluding hydrogens is 258 g/mol. The topological polar surface area (TPSA) is 21.3 Å². The van der Waals surface area contributed by atoms with E-state index in [0.717, 1.165) is 25.4 Å². The van der Waals surface area contributed by atoms with Gasteiger partial charge in [-0.25, -0.2) is 0 Å². The second-order valence-corrected chi connectivity index (χ2v) is 6.36. The Labute approximate surface area is 127 Å². The van der Waals surface area contributed by atoms with Crippen LogP contribution < -0.4 is 10.1 Å². The summed E-state index contributed by atoms with van der Waals surface area (Å²) < 4.78 is 5.77. The minimum atomic E-state index is 0.104. The highest BCUT2D eigenvalue weighted by molar-refractivity contribution is 5.67. The summed E-state index contributed by atoms with van der Waals surface area (Å²) in [5, 5.41) is 3.38. The van der Waals surface area contributed by atoms with Crippen LogP contribution in [0.4, 0.5) is 0 Å². The van der Waals surface area contributed by atoms with E-state index in [1.54, 1.807) is 0 Å². The van der Waals surface area contributed by atoms with Gasteiger partial charge in [-0.05, 0) is 41.4 Å². The first-order chi connectivity index (χ1) is 10.1. The van der Waals surface area contributed by atoms with E-state index < -0.39 is 0 Å². The number of hydrogen-bond acceptors (Lipinski definition) is 2. The number of fused-ring (bicyclic) bond motifs is 1. The summed E-state index contributed by atoms with van der Waals surface area (Å²) in [6, 6.07) is 15.3. The standard InChI is InChI=1S/C19H23NO/c1-4-20-12-14-6-5-7-15(10-14)16-8-9-18-17(11-16)19(2,3)13-21-18/h5-11,20H,4,12-13H2,1-3H3. The molecule has 21 heavy (non-hydrogen) atoms. The maximum atomic E-state index is 5.77. The van der Waals surface area contributed by atoms with Crippen LogP contribution in [0.25, 0.3) is 11.1 Å². The van der Waals surface area contributed by atoms with Gasteiger partial charge >= 0.3 is 0 Å². The zero-order chi connectivity index (χ0) is 14.9. The van der Waals surface area contributed by atoms with Crippen LogP contribution in [0, 0.1) is 0 Å². The molecule has 3 rings (SSSR count). The van der Waals surface area contributed by atoms with Crippen molar-refractivity contribution in [1.82, 2.24) is 5.32 Å². The number of rotatable bonds is 4. The molecule has 1 heterocycles. The molecule has 0 bridgehead atoms. The third-order valence-electron chi connectivity index (χ3n) is 4.14. The molecule has 110 valence electrons. The van der Waals surface area contributed by atoms with Crippen molar-refractivity contribution in [3.63, 3.8) is 0 Å². The van der Waals surface area contributed by atoms with Crippen molar-refractivity contribution in [2.75, 3.05) is 13.2 Å². The smallest absolute Gasteiger partial charge is 0.123 e. The predicted octanol–water partition coefficient (Wildman–Crippen LogP) is 4.13. The fourth-order valence-electron chi connectivity index (χ4n) is 2.83. The summed E-state index contributed by atoms with van der Waals surface area (Å²) in [6.07, 6.45) is 0. The molecule has 2 aromatic carbocycles. The Morgan fingerprint density at radius 3 is 2.71 bits per heavy atom. The molecule has 0 saturated heterocycles. The Morgan fingerprint density at radius 1 is 1.10 bits per heavy atom. The van der Waals surface area contributed by atoms with Gasteiger partial charge in [0.1, 0.15) is 5.75 Å². The van der Waals surface area contributed by atoms with Crippen LogP contribution in [-0.4, -0.2) is 13.2 Å². The lowest BCUT2D eigenvalue weighted by Gasteiger charge is -2.16. The zero-order valence-electron chi connectivity index (χ0n) is 13.1. The average molecular weight is 281 g/mol. The minimum Gasteiger partial charge on any atom is -0.492 e. The molecule has 0 atom stereocenters. The molecule has 0 spiro atoms. The summed E-state index contributed by atoms with van der Waals surface area (Å²) in [5.74, 6) is 1.03. The van der Waals surface area contributed by atoms with Crippen molar-refractivity contribution in [3.8, 4) is 16.9 Å². The molecule has 2 aromatic rings. The van der Waals surface area contributed by atoms with Gasteiger partial charge in [-0.1, -0.05) is 45.0 Å². The van der Waals surface area contributed by atoms with Crippen molar-refractivity contribution in [1.29, 1.82) is 0 Å². The van der Waals surface area contributed by atoms with Gasteiger partial charge in [-0.3, -0.25) is 0 Å². The van der Waals surface area contributed by atoms with Gasteiger partial charge < -0.3 is 10.1 Å². The van der Waals surface area contributed by atoms with Gasteiger partial charge in [0, 0.05) is 17.5 Å². The molecule has 2 nitrogen and oxygen atoms in total. The van der Waals surface area contributed by atoms with Crippen molar-refractivity contribution in [3.05, 3.63) is 53.6 Å². The van der Waals surface area contributed by atoms with Crippen molar-refractivity contribution >= 4 is 0 Å². The normalized spacial score (nSPS) is 15.6. The monoisotopic (exact) mass is 281 g/mol. The minimum absolute atomic E-state index is 0.104. The van der Waals surface area contributed by atoms with Gasteiger partial charge in [-0.15, -0.1) is 0 Å². The number of hydrogen-bond donors (Lipinski definition) is 1. The van der Waals surface area contributed by atoms with Crippen LogP contribution in [0.5, 0.6) is 5.75 Å². The fraction of sp³-hybridized carbons (Fsp3) is 0.368. The van der Waals surface area contributed by atoms with Crippen LogP contribution in [0.15, 0.2) is 42.5 Å². The van der Waals surface area contributed by atoms with Gasteiger partial charge in [0.25, 0.3) is 0 Å². The molecule has 0 unspecified atom stereocenters. The number of nitrogens with one attached hydrogen (secondary N) is 1. The first kappa shape index (κ1) is 14.2. The molecule has 1 aliphatic heterocycles. The van der Waals surface area contributed by atoms with E-state index in [2.05, 4.69) is 68.6 Å². The highest BCUT2D eigenvalue weighted by Gasteiger charge is 2.31. The molecule has 1 aliphatic rings. The number of benzene rings is 2. The zero-order valence-corrected chi connectivity index (χ0v) is 13.1. The third kappa shape index (κ3) is 2.81. The van der Waals surface area contributed by atoms with E-state index >= 15 is 0 Å². The molecule has 0 fully saturated rings. The fourth-order valence-corrected chi connectivity index (χ4v) is 2.83. The lowest BCUT2D eigenvalue weighted by molar-refractivity contribution is 0.291. The van der Waals surface area contributed by atoms with E-state index in [1.807, 2.05) is 0 Å². The number of ether oxygens (including phenoxy) is 1. The molecule has 1 N–H and O–H groups in total. The van der Waals surface area contributed by atoms with Crippen LogP contribution in [0.2, 0.25) is 0 Å². The summed E-state index contributed by atoms with van der Waals surface area (Å²) in [7, 11) is 0. The molecular formula is C19H23NO. The van der Waals surface area contributed by atoms with Crippen molar-refractivity contribution in [2.24, 2.45) is 0 Å². The maximum Gasteiger partial charge on any atom is 0.123 e. The van der Waals surface area contributed by atoms with Gasteiger partial charge in [0.2, 0.25) is 0 Å². The first-order valence-electron chi connectivity index (χ1n) is 7.67. The Kier molecular flexibility index (Phi) is 3.73. The molecule has 0 saturated carbocycles. The summed E-state index contributed by atoms with van der Waals surface area (Å²) in [4.78, 5) is 0. The van der Waals surface area contributed by atoms with E-state index in [9.17, 15) is 0 Å². The van der Waals surface area contributed by atoms with E-state index in [-0.39, 0.29) is 5.41 Å². The first-order valence-corrected chi connectivity index (χ1v) is 7.67. The molecule has 2 heteroatoms. The predicted molar refractivity (Wildman–Crippen MR) is 87.8 cm³/mol. The lowest BCUT2D eigenvalue weighted by Crippen LogP contribution is -2.18. The second kappa shape index (κ2) is 5.53. The van der Waals surface area contributed by atoms with Crippen LogP contribution in [0.1, 0.15) is 31.9 Å². The lowest BCUT2D eigenvalue weighted by atomic mass is 9.85. The van der Waals surface area contributed by atoms with E-state index in [1.165, 1.54) is 22.3 Å². The second-order valence-electron chi connectivity index (χ2n) is 6.36. The van der Waals surface area contributed by atoms with Gasteiger partial charge in [-0.2, -0.15) is 0 Å². The van der Waals surface area contributed by atoms with Crippen LogP contribution in [-0.2, 0) is 12.0 Å². The van der Waals surface area contributed by atoms with Crippen LogP contribution >= 0.6 is 0 Å². The molecule has 0 radical (unpaired) electrons. The average Bonchev–Trinajstić information content (AvgIpc) is 2.81. The highest BCUT2D eigenvalue weighted by atomic mass is 16.5. The Hall–Kier alpha value is -1.80. The van der Waals surface area contributed by atoms with Crippen LogP contribution in [0.3, 0.4) is 0 Å². The van der Waals surface area contributed by atoms with Gasteiger partial charge in [0.15, 0.2) is 0 Å². The Balaban J connectivity index is 1.94.